The van der Waals surface area contributed by atoms with Gasteiger partial charge in [0, 0.05) is 26.2 Å². The van der Waals surface area contributed by atoms with Gasteiger partial charge in [0.2, 0.25) is 0 Å². The molecule has 2 rings (SSSR count). The van der Waals surface area contributed by atoms with Gasteiger partial charge in [-0.2, -0.15) is 0 Å². The molecule has 4 heteroatoms. The van der Waals surface area contributed by atoms with Crippen molar-refractivity contribution in [3.8, 4) is 5.75 Å². The van der Waals surface area contributed by atoms with Crippen LogP contribution in [-0.2, 0) is 4.79 Å². The molecule has 0 unspecified atom stereocenters. The molecule has 0 N–H and O–H groups in total. The molecule has 22 heavy (non-hydrogen) atoms. The number of nitrogens with zero attached hydrogens (tertiary/aromatic N) is 2. The standard InChI is InChI=1S/C18H28N2O2/c1-4-10-19-11-13-20(14-12-19)18(21)16(5-2)22-17-9-7-6-8-15(17)3/h6-9,16H,4-5,10-14H2,1-3H3/t16-/m0/s1. The Labute approximate surface area is 134 Å². The zero-order chi connectivity index (χ0) is 15.9. The fraction of sp³-hybridized carbons (Fsp3) is 0.611. The van der Waals surface area contributed by atoms with Crippen LogP contribution in [-0.4, -0.2) is 54.5 Å². The summed E-state index contributed by atoms with van der Waals surface area (Å²) in [6, 6.07) is 7.88. The summed E-state index contributed by atoms with van der Waals surface area (Å²) in [5.41, 5.74) is 1.07. The predicted molar refractivity (Wildman–Crippen MR) is 89.2 cm³/mol. The monoisotopic (exact) mass is 304 g/mol. The fourth-order valence-corrected chi connectivity index (χ4v) is 2.86. The van der Waals surface area contributed by atoms with Crippen LogP contribution in [0, 0.1) is 6.92 Å². The summed E-state index contributed by atoms with van der Waals surface area (Å²) in [6.07, 6.45) is 1.49. The lowest BCUT2D eigenvalue weighted by Gasteiger charge is -2.36. The number of hydrogen-bond donors (Lipinski definition) is 0. The van der Waals surface area contributed by atoms with E-state index >= 15 is 0 Å². The van der Waals surface area contributed by atoms with E-state index in [-0.39, 0.29) is 12.0 Å². The van der Waals surface area contributed by atoms with Crippen LogP contribution in [0.25, 0.3) is 0 Å². The summed E-state index contributed by atoms with van der Waals surface area (Å²) in [4.78, 5) is 17.1. The molecule has 4 nitrogen and oxygen atoms in total. The Morgan fingerprint density at radius 1 is 1.18 bits per heavy atom. The number of aryl methyl sites for hydroxylation is 1. The maximum Gasteiger partial charge on any atom is 0.263 e. The van der Waals surface area contributed by atoms with Crippen molar-refractivity contribution in [3.63, 3.8) is 0 Å². The summed E-state index contributed by atoms with van der Waals surface area (Å²) < 4.78 is 5.98. The maximum atomic E-state index is 12.7. The van der Waals surface area contributed by atoms with Gasteiger partial charge in [0.05, 0.1) is 0 Å². The molecule has 1 amide bonds. The van der Waals surface area contributed by atoms with E-state index < -0.39 is 0 Å². The van der Waals surface area contributed by atoms with Crippen molar-refractivity contribution < 1.29 is 9.53 Å². The summed E-state index contributed by atoms with van der Waals surface area (Å²) in [6.45, 7) is 10.9. The third kappa shape index (κ3) is 4.23. The van der Waals surface area contributed by atoms with Crippen molar-refractivity contribution in [1.29, 1.82) is 0 Å². The zero-order valence-corrected chi connectivity index (χ0v) is 14.0. The minimum Gasteiger partial charge on any atom is -0.480 e. The quantitative estimate of drug-likeness (QED) is 0.810. The highest BCUT2D eigenvalue weighted by molar-refractivity contribution is 5.81. The van der Waals surface area contributed by atoms with E-state index in [1.807, 2.05) is 43.0 Å². The first-order valence-corrected chi connectivity index (χ1v) is 8.39. The van der Waals surface area contributed by atoms with Gasteiger partial charge in [0.25, 0.3) is 5.91 Å². The normalized spacial score (nSPS) is 17.3. The first kappa shape index (κ1) is 16.8. The summed E-state index contributed by atoms with van der Waals surface area (Å²) in [5.74, 6) is 0.939. The average Bonchev–Trinajstić information content (AvgIpc) is 2.54. The molecule has 1 atom stereocenters. The fourth-order valence-electron chi connectivity index (χ4n) is 2.86. The van der Waals surface area contributed by atoms with Crippen LogP contribution in [0.1, 0.15) is 32.3 Å². The molecule has 1 aromatic rings. The molecule has 1 aliphatic heterocycles. The highest BCUT2D eigenvalue weighted by Crippen LogP contribution is 2.20. The van der Waals surface area contributed by atoms with Gasteiger partial charge in [-0.3, -0.25) is 9.69 Å². The number of carbonyl (C=O) groups is 1. The Morgan fingerprint density at radius 3 is 2.45 bits per heavy atom. The Balaban J connectivity index is 1.94. The first-order valence-electron chi connectivity index (χ1n) is 8.39. The van der Waals surface area contributed by atoms with Gasteiger partial charge in [-0.1, -0.05) is 32.0 Å². The van der Waals surface area contributed by atoms with Crippen LogP contribution in [0.2, 0.25) is 0 Å². The van der Waals surface area contributed by atoms with E-state index in [1.54, 1.807) is 0 Å². The predicted octanol–water partition coefficient (Wildman–Crippen LogP) is 2.71. The number of para-hydroxylation sites is 1. The molecule has 0 aromatic heterocycles. The van der Waals surface area contributed by atoms with Gasteiger partial charge in [0.15, 0.2) is 6.10 Å². The van der Waals surface area contributed by atoms with Gasteiger partial charge < -0.3 is 9.64 Å². The lowest BCUT2D eigenvalue weighted by atomic mass is 10.2. The van der Waals surface area contributed by atoms with Crippen molar-refractivity contribution in [1.82, 2.24) is 9.80 Å². The number of amides is 1. The lowest BCUT2D eigenvalue weighted by molar-refractivity contribution is -0.140. The first-order chi connectivity index (χ1) is 10.7. The lowest BCUT2D eigenvalue weighted by Crippen LogP contribution is -2.52. The highest BCUT2D eigenvalue weighted by Gasteiger charge is 2.27. The number of piperazine rings is 1. The molecule has 0 bridgehead atoms. The minimum absolute atomic E-state index is 0.127. The Bertz CT molecular complexity index is 482. The summed E-state index contributed by atoms with van der Waals surface area (Å²) in [5, 5.41) is 0. The Hall–Kier alpha value is -1.55. The largest absolute Gasteiger partial charge is 0.480 e. The van der Waals surface area contributed by atoms with Gasteiger partial charge in [0.1, 0.15) is 5.75 Å². The Morgan fingerprint density at radius 2 is 1.86 bits per heavy atom. The molecular weight excluding hydrogens is 276 g/mol. The molecule has 0 radical (unpaired) electrons. The average molecular weight is 304 g/mol. The maximum absolute atomic E-state index is 12.7. The molecule has 1 heterocycles. The minimum atomic E-state index is -0.376. The number of benzene rings is 1. The molecule has 1 aromatic carbocycles. The van der Waals surface area contributed by atoms with E-state index in [0.29, 0.717) is 6.42 Å². The van der Waals surface area contributed by atoms with E-state index in [9.17, 15) is 4.79 Å². The van der Waals surface area contributed by atoms with Crippen LogP contribution in [0.5, 0.6) is 5.75 Å². The van der Waals surface area contributed by atoms with E-state index in [0.717, 1.165) is 44.0 Å². The van der Waals surface area contributed by atoms with Crippen molar-refractivity contribution in [2.45, 2.75) is 39.7 Å². The highest BCUT2D eigenvalue weighted by atomic mass is 16.5. The molecule has 122 valence electrons. The molecule has 0 spiro atoms. The second kappa shape index (κ2) is 8.18. The van der Waals surface area contributed by atoms with Gasteiger partial charge in [-0.15, -0.1) is 0 Å². The Kier molecular flexibility index (Phi) is 6.25. The molecule has 0 aliphatic carbocycles. The van der Waals surface area contributed by atoms with Crippen LogP contribution in [0.15, 0.2) is 24.3 Å². The van der Waals surface area contributed by atoms with Crippen molar-refractivity contribution in [3.05, 3.63) is 29.8 Å². The second-order valence-corrected chi connectivity index (χ2v) is 5.95. The molecule has 1 aliphatic rings. The summed E-state index contributed by atoms with van der Waals surface area (Å²) >= 11 is 0. The van der Waals surface area contributed by atoms with Crippen LogP contribution in [0.4, 0.5) is 0 Å². The van der Waals surface area contributed by atoms with E-state index in [1.165, 1.54) is 6.42 Å². The molecule has 0 saturated carbocycles. The number of hydrogen-bond acceptors (Lipinski definition) is 3. The van der Waals surface area contributed by atoms with Crippen LogP contribution >= 0.6 is 0 Å². The number of carbonyl (C=O) groups excluding carboxylic acids is 1. The van der Waals surface area contributed by atoms with E-state index in [4.69, 9.17) is 4.74 Å². The topological polar surface area (TPSA) is 32.8 Å². The molecule has 1 fully saturated rings. The third-order valence-electron chi connectivity index (χ3n) is 4.23. The number of ether oxygens (including phenoxy) is 1. The van der Waals surface area contributed by atoms with Crippen molar-refractivity contribution in [2.75, 3.05) is 32.7 Å². The zero-order valence-electron chi connectivity index (χ0n) is 14.0. The van der Waals surface area contributed by atoms with Gasteiger partial charge in [-0.25, -0.2) is 0 Å². The van der Waals surface area contributed by atoms with Crippen LogP contribution in [0.3, 0.4) is 0 Å². The van der Waals surface area contributed by atoms with Gasteiger partial charge in [-0.05, 0) is 37.9 Å². The smallest absolute Gasteiger partial charge is 0.263 e. The van der Waals surface area contributed by atoms with Crippen molar-refractivity contribution in [2.24, 2.45) is 0 Å². The van der Waals surface area contributed by atoms with E-state index in [2.05, 4.69) is 11.8 Å². The second-order valence-electron chi connectivity index (χ2n) is 5.95. The van der Waals surface area contributed by atoms with Crippen molar-refractivity contribution >= 4 is 5.91 Å². The molecule has 1 saturated heterocycles. The van der Waals surface area contributed by atoms with Crippen LogP contribution < -0.4 is 4.74 Å². The number of rotatable bonds is 6. The summed E-state index contributed by atoms with van der Waals surface area (Å²) in [7, 11) is 0. The SMILES string of the molecule is CCCN1CCN(C(=O)[C@H](CC)Oc2ccccc2C)CC1. The van der Waals surface area contributed by atoms with Gasteiger partial charge >= 0.3 is 0 Å². The molecular formula is C18H28N2O2. The third-order valence-corrected chi connectivity index (χ3v) is 4.23.